The molecule has 66 valence electrons. The van der Waals surface area contributed by atoms with Gasteiger partial charge in [0, 0.05) is 6.08 Å². The summed E-state index contributed by atoms with van der Waals surface area (Å²) in [6.45, 7) is 5.23. The fourth-order valence-corrected chi connectivity index (χ4v) is 0.967. The summed E-state index contributed by atoms with van der Waals surface area (Å²) in [5.74, 6) is 0.179. The Morgan fingerprint density at radius 1 is 1.62 bits per heavy atom. The first-order valence-electron chi connectivity index (χ1n) is 4.05. The zero-order valence-corrected chi connectivity index (χ0v) is 7.83. The predicted molar refractivity (Wildman–Crippen MR) is 55.2 cm³/mol. The van der Waals surface area contributed by atoms with Crippen LogP contribution < -0.4 is 10.2 Å². The van der Waals surface area contributed by atoms with Crippen molar-refractivity contribution in [3.63, 3.8) is 0 Å². The Kier molecular flexibility index (Phi) is 2.90. The highest BCUT2D eigenvalue weighted by atomic mass is 16.5. The van der Waals surface area contributed by atoms with Gasteiger partial charge in [-0.2, -0.15) is 0 Å². The fourth-order valence-electron chi connectivity index (χ4n) is 0.967. The molecule has 0 bridgehead atoms. The number of carbonyl (C=O) groups excluding carboxylic acids is 1. The SMILES string of the molecule is Bc1ccc(C)c(OC(=O)C=C)c1. The van der Waals surface area contributed by atoms with E-state index in [1.165, 1.54) is 0 Å². The van der Waals surface area contributed by atoms with Crippen molar-refractivity contribution >= 4 is 19.3 Å². The number of ether oxygens (including phenoxy) is 1. The Morgan fingerprint density at radius 3 is 2.92 bits per heavy atom. The number of benzene rings is 1. The maximum atomic E-state index is 10.9. The summed E-state index contributed by atoms with van der Waals surface area (Å²) in [6.07, 6.45) is 1.15. The van der Waals surface area contributed by atoms with Gasteiger partial charge >= 0.3 is 5.97 Å². The molecule has 0 aliphatic carbocycles. The van der Waals surface area contributed by atoms with Crippen LogP contribution in [0.3, 0.4) is 0 Å². The van der Waals surface area contributed by atoms with Crippen LogP contribution in [0, 0.1) is 6.92 Å². The van der Waals surface area contributed by atoms with Gasteiger partial charge in [-0.1, -0.05) is 24.2 Å². The van der Waals surface area contributed by atoms with Gasteiger partial charge in [-0.05, 0) is 18.6 Å². The minimum absolute atomic E-state index is 0.423. The maximum absolute atomic E-state index is 10.9. The second-order valence-electron chi connectivity index (χ2n) is 2.89. The molecule has 0 spiro atoms. The van der Waals surface area contributed by atoms with Crippen molar-refractivity contribution in [2.45, 2.75) is 6.92 Å². The molecule has 0 radical (unpaired) electrons. The molecule has 1 rings (SSSR count). The molecule has 0 saturated heterocycles. The average Bonchev–Trinajstić information content (AvgIpc) is 2.11. The number of hydrogen-bond acceptors (Lipinski definition) is 2. The van der Waals surface area contributed by atoms with Gasteiger partial charge in [0.1, 0.15) is 13.6 Å². The monoisotopic (exact) mass is 174 g/mol. The standard InChI is InChI=1S/C10H11BO2/c1-3-10(12)13-9-6-8(11)5-4-7(9)2/h3-6H,1,11H2,2H3. The first-order chi connectivity index (χ1) is 6.13. The quantitative estimate of drug-likeness (QED) is 0.280. The predicted octanol–water partition coefficient (Wildman–Crippen LogP) is 0.345. The number of esters is 1. The van der Waals surface area contributed by atoms with Gasteiger partial charge in [-0.15, -0.1) is 0 Å². The first-order valence-corrected chi connectivity index (χ1v) is 4.05. The van der Waals surface area contributed by atoms with E-state index in [1.54, 1.807) is 0 Å². The van der Waals surface area contributed by atoms with Crippen molar-refractivity contribution in [2.24, 2.45) is 0 Å². The summed E-state index contributed by atoms with van der Waals surface area (Å²) in [4.78, 5) is 10.9. The zero-order valence-electron chi connectivity index (χ0n) is 7.83. The molecule has 1 aromatic carbocycles. The average molecular weight is 174 g/mol. The summed E-state index contributed by atoms with van der Waals surface area (Å²) in [5, 5.41) is 0. The van der Waals surface area contributed by atoms with Crippen molar-refractivity contribution in [2.75, 3.05) is 0 Å². The molecule has 0 fully saturated rings. The third kappa shape index (κ3) is 2.47. The molecule has 0 aliphatic rings. The molecule has 0 saturated carbocycles. The maximum Gasteiger partial charge on any atom is 0.335 e. The third-order valence-electron chi connectivity index (χ3n) is 1.72. The molecule has 0 atom stereocenters. The van der Waals surface area contributed by atoms with E-state index < -0.39 is 5.97 Å². The lowest BCUT2D eigenvalue weighted by molar-refractivity contribution is -0.129. The van der Waals surface area contributed by atoms with Crippen LogP contribution in [0.1, 0.15) is 5.56 Å². The van der Waals surface area contributed by atoms with Crippen LogP contribution in [0.25, 0.3) is 0 Å². The van der Waals surface area contributed by atoms with E-state index in [1.807, 2.05) is 33.0 Å². The highest BCUT2D eigenvalue weighted by molar-refractivity contribution is 6.32. The van der Waals surface area contributed by atoms with Gasteiger partial charge in [0.05, 0.1) is 0 Å². The number of carbonyl (C=O) groups is 1. The van der Waals surface area contributed by atoms with E-state index in [2.05, 4.69) is 6.58 Å². The van der Waals surface area contributed by atoms with Crippen LogP contribution in [0.15, 0.2) is 30.9 Å². The van der Waals surface area contributed by atoms with Crippen LogP contribution in [0.4, 0.5) is 0 Å². The van der Waals surface area contributed by atoms with Crippen molar-refractivity contribution in [1.29, 1.82) is 0 Å². The Labute approximate surface area is 78.6 Å². The van der Waals surface area contributed by atoms with Crippen LogP contribution >= 0.6 is 0 Å². The van der Waals surface area contributed by atoms with E-state index >= 15 is 0 Å². The second-order valence-corrected chi connectivity index (χ2v) is 2.89. The van der Waals surface area contributed by atoms with Crippen molar-refractivity contribution in [3.05, 3.63) is 36.4 Å². The Hall–Kier alpha value is -1.51. The molecule has 0 aromatic heterocycles. The van der Waals surface area contributed by atoms with Crippen LogP contribution in [0.5, 0.6) is 5.75 Å². The summed E-state index contributed by atoms with van der Waals surface area (Å²) >= 11 is 0. The first kappa shape index (κ1) is 9.58. The molecule has 0 N–H and O–H groups in total. The van der Waals surface area contributed by atoms with Crippen molar-refractivity contribution in [1.82, 2.24) is 0 Å². The normalized spacial score (nSPS) is 9.31. The Bertz CT molecular complexity index is 345. The fraction of sp³-hybridized carbons (Fsp3) is 0.100. The second kappa shape index (κ2) is 3.94. The summed E-state index contributed by atoms with van der Waals surface area (Å²) in [5.41, 5.74) is 2.01. The topological polar surface area (TPSA) is 26.3 Å². The summed E-state index contributed by atoms with van der Waals surface area (Å²) < 4.78 is 5.02. The van der Waals surface area contributed by atoms with Gasteiger partial charge in [-0.25, -0.2) is 4.79 Å². The molecule has 0 unspecified atom stereocenters. The highest BCUT2D eigenvalue weighted by Gasteiger charge is 2.02. The molecule has 0 aliphatic heterocycles. The minimum Gasteiger partial charge on any atom is -0.423 e. The van der Waals surface area contributed by atoms with E-state index in [0.717, 1.165) is 17.1 Å². The van der Waals surface area contributed by atoms with E-state index in [4.69, 9.17) is 4.74 Å². The lowest BCUT2D eigenvalue weighted by Gasteiger charge is -2.05. The van der Waals surface area contributed by atoms with Crippen LogP contribution in [-0.2, 0) is 4.79 Å². The van der Waals surface area contributed by atoms with Crippen molar-refractivity contribution < 1.29 is 9.53 Å². The molecule has 1 aromatic rings. The Balaban J connectivity index is 2.93. The molecule has 0 heterocycles. The number of aryl methyl sites for hydroxylation is 1. The molecule has 2 nitrogen and oxygen atoms in total. The number of hydrogen-bond donors (Lipinski definition) is 0. The molecule has 3 heteroatoms. The van der Waals surface area contributed by atoms with Gasteiger partial charge < -0.3 is 4.74 Å². The minimum atomic E-state index is -0.423. The van der Waals surface area contributed by atoms with Crippen LogP contribution in [0.2, 0.25) is 0 Å². The lowest BCUT2D eigenvalue weighted by atomic mass is 9.95. The lowest BCUT2D eigenvalue weighted by Crippen LogP contribution is -2.08. The van der Waals surface area contributed by atoms with Gasteiger partial charge in [0.2, 0.25) is 0 Å². The zero-order chi connectivity index (χ0) is 9.84. The smallest absolute Gasteiger partial charge is 0.335 e. The molecule has 13 heavy (non-hydrogen) atoms. The Morgan fingerprint density at radius 2 is 2.31 bits per heavy atom. The van der Waals surface area contributed by atoms with E-state index in [9.17, 15) is 4.79 Å². The molecule has 0 amide bonds. The third-order valence-corrected chi connectivity index (χ3v) is 1.72. The van der Waals surface area contributed by atoms with Crippen molar-refractivity contribution in [3.8, 4) is 5.75 Å². The summed E-state index contributed by atoms with van der Waals surface area (Å²) in [6, 6.07) is 5.72. The van der Waals surface area contributed by atoms with E-state index in [0.29, 0.717) is 5.75 Å². The summed E-state index contributed by atoms with van der Waals surface area (Å²) in [7, 11) is 1.95. The highest BCUT2D eigenvalue weighted by Crippen LogP contribution is 2.14. The number of rotatable bonds is 2. The van der Waals surface area contributed by atoms with Gasteiger partial charge in [0.15, 0.2) is 0 Å². The van der Waals surface area contributed by atoms with Gasteiger partial charge in [0.25, 0.3) is 0 Å². The van der Waals surface area contributed by atoms with Gasteiger partial charge in [-0.3, -0.25) is 0 Å². The van der Waals surface area contributed by atoms with Crippen LogP contribution in [-0.4, -0.2) is 13.8 Å². The largest absolute Gasteiger partial charge is 0.423 e. The molecular formula is C10H11BO2. The molecular weight excluding hydrogens is 163 g/mol. The van der Waals surface area contributed by atoms with E-state index in [-0.39, 0.29) is 0 Å².